The van der Waals surface area contributed by atoms with Crippen molar-refractivity contribution in [3.05, 3.63) is 88.7 Å². The molecular formula is C20H11F7O. The highest BCUT2D eigenvalue weighted by atomic mass is 19.3. The fraction of sp³-hybridized carbons (Fsp3) is 0.100. The summed E-state index contributed by atoms with van der Waals surface area (Å²) in [7, 11) is 0. The lowest BCUT2D eigenvalue weighted by atomic mass is 10.1. The molecule has 1 nitrogen and oxygen atoms in total. The van der Waals surface area contributed by atoms with Crippen LogP contribution in [0.5, 0.6) is 5.75 Å². The van der Waals surface area contributed by atoms with Gasteiger partial charge < -0.3 is 4.74 Å². The Morgan fingerprint density at radius 3 is 1.82 bits per heavy atom. The molecule has 0 radical (unpaired) electrons. The Labute approximate surface area is 155 Å². The third kappa shape index (κ3) is 3.67. The fourth-order valence-electron chi connectivity index (χ4n) is 2.51. The van der Waals surface area contributed by atoms with Crippen molar-refractivity contribution in [1.29, 1.82) is 0 Å². The molecule has 3 aromatic rings. The van der Waals surface area contributed by atoms with Crippen molar-refractivity contribution >= 4 is 0 Å². The predicted octanol–water partition coefficient (Wildman–Crippen LogP) is 6.49. The molecule has 0 N–H and O–H groups in total. The highest BCUT2D eigenvalue weighted by Crippen LogP contribution is 2.35. The van der Waals surface area contributed by atoms with Crippen LogP contribution in [0.2, 0.25) is 0 Å². The van der Waals surface area contributed by atoms with Gasteiger partial charge in [0, 0.05) is 0 Å². The highest BCUT2D eigenvalue weighted by Gasteiger charge is 2.39. The van der Waals surface area contributed by atoms with Gasteiger partial charge in [-0.2, -0.15) is 8.78 Å². The van der Waals surface area contributed by atoms with E-state index in [0.717, 1.165) is 30.3 Å². The Bertz CT molecular complexity index is 1010. The van der Waals surface area contributed by atoms with Crippen molar-refractivity contribution < 1.29 is 35.5 Å². The zero-order chi connectivity index (χ0) is 20.6. The Morgan fingerprint density at radius 1 is 0.679 bits per heavy atom. The molecule has 0 amide bonds. The summed E-state index contributed by atoms with van der Waals surface area (Å²) in [6, 6.07) is 7.68. The molecule has 0 unspecified atom stereocenters. The standard InChI is InChI=1S/C20H11F7O/c1-10-2-7-14(18(24)17(10)23)20(26,27)28-13-5-3-11(4-6-13)12-8-15(21)19(25)16(22)9-12/h2-9H,1H3. The van der Waals surface area contributed by atoms with Gasteiger partial charge in [-0.15, -0.1) is 0 Å². The first kappa shape index (κ1) is 19.7. The van der Waals surface area contributed by atoms with Gasteiger partial charge in [0.15, 0.2) is 29.1 Å². The number of alkyl halides is 2. The second-order valence-electron chi connectivity index (χ2n) is 5.96. The number of benzene rings is 3. The number of rotatable bonds is 4. The van der Waals surface area contributed by atoms with E-state index in [-0.39, 0.29) is 16.7 Å². The molecule has 0 aliphatic carbocycles. The van der Waals surface area contributed by atoms with Crippen LogP contribution in [0.25, 0.3) is 11.1 Å². The normalized spacial score (nSPS) is 11.6. The summed E-state index contributed by atoms with van der Waals surface area (Å²) in [5, 5.41) is 0. The second-order valence-corrected chi connectivity index (χ2v) is 5.96. The van der Waals surface area contributed by atoms with Crippen molar-refractivity contribution in [1.82, 2.24) is 0 Å². The van der Waals surface area contributed by atoms with Gasteiger partial charge in [0.2, 0.25) is 0 Å². The highest BCUT2D eigenvalue weighted by molar-refractivity contribution is 5.64. The van der Waals surface area contributed by atoms with Crippen LogP contribution in [0.4, 0.5) is 30.7 Å². The van der Waals surface area contributed by atoms with Gasteiger partial charge in [-0.25, -0.2) is 22.0 Å². The molecule has 0 heterocycles. The van der Waals surface area contributed by atoms with E-state index in [1.54, 1.807) is 0 Å². The first-order valence-corrected chi connectivity index (χ1v) is 7.87. The second kappa shape index (κ2) is 7.18. The molecule has 0 aromatic heterocycles. The fourth-order valence-corrected chi connectivity index (χ4v) is 2.51. The number of ether oxygens (including phenoxy) is 1. The van der Waals surface area contributed by atoms with E-state index in [0.29, 0.717) is 6.07 Å². The van der Waals surface area contributed by atoms with Gasteiger partial charge in [-0.3, -0.25) is 0 Å². The minimum atomic E-state index is -4.17. The first-order valence-electron chi connectivity index (χ1n) is 7.87. The number of hydrogen-bond acceptors (Lipinski definition) is 1. The molecular weight excluding hydrogens is 389 g/mol. The molecule has 0 bridgehead atoms. The van der Waals surface area contributed by atoms with Crippen LogP contribution in [0, 0.1) is 36.0 Å². The molecule has 0 saturated heterocycles. The smallest absolute Gasteiger partial charge is 0.429 e. The summed E-state index contributed by atoms with van der Waals surface area (Å²) in [4.78, 5) is 0. The monoisotopic (exact) mass is 400 g/mol. The topological polar surface area (TPSA) is 9.23 Å². The molecule has 0 fully saturated rings. The Morgan fingerprint density at radius 2 is 1.25 bits per heavy atom. The molecule has 8 heteroatoms. The average Bonchev–Trinajstić information content (AvgIpc) is 2.64. The lowest BCUT2D eigenvalue weighted by Gasteiger charge is -2.19. The van der Waals surface area contributed by atoms with E-state index in [1.165, 1.54) is 19.1 Å². The molecule has 0 spiro atoms. The molecule has 0 aliphatic rings. The van der Waals surface area contributed by atoms with Gasteiger partial charge >= 0.3 is 6.11 Å². The third-order valence-electron chi connectivity index (χ3n) is 4.01. The summed E-state index contributed by atoms with van der Waals surface area (Å²) in [5.74, 6) is -7.97. The maximum absolute atomic E-state index is 14.2. The van der Waals surface area contributed by atoms with Crippen LogP contribution in [0.15, 0.2) is 48.5 Å². The molecule has 0 saturated carbocycles. The van der Waals surface area contributed by atoms with Crippen molar-refractivity contribution in [3.8, 4) is 16.9 Å². The molecule has 0 aliphatic heterocycles. The molecule has 3 aromatic carbocycles. The van der Waals surface area contributed by atoms with Crippen LogP contribution in [0.3, 0.4) is 0 Å². The van der Waals surface area contributed by atoms with E-state index in [9.17, 15) is 30.7 Å². The minimum Gasteiger partial charge on any atom is -0.429 e. The van der Waals surface area contributed by atoms with E-state index in [1.807, 2.05) is 0 Å². The molecule has 146 valence electrons. The van der Waals surface area contributed by atoms with Crippen LogP contribution in [0.1, 0.15) is 11.1 Å². The summed E-state index contributed by atoms with van der Waals surface area (Å²) in [6.45, 7) is 1.22. The SMILES string of the molecule is Cc1ccc(C(F)(F)Oc2ccc(-c3cc(F)c(F)c(F)c3)cc2)c(F)c1F. The van der Waals surface area contributed by atoms with E-state index < -0.39 is 46.5 Å². The first-order chi connectivity index (χ1) is 13.1. The van der Waals surface area contributed by atoms with Gasteiger partial charge in [-0.1, -0.05) is 18.2 Å². The summed E-state index contributed by atoms with van der Waals surface area (Å²) in [5.41, 5.74) is -1.25. The zero-order valence-electron chi connectivity index (χ0n) is 14.2. The predicted molar refractivity (Wildman–Crippen MR) is 87.4 cm³/mol. The summed E-state index contributed by atoms with van der Waals surface area (Å²) < 4.78 is 99.9. The number of halogens is 7. The number of hydrogen-bond donors (Lipinski definition) is 0. The lowest BCUT2D eigenvalue weighted by Crippen LogP contribution is -2.24. The van der Waals surface area contributed by atoms with Gasteiger partial charge in [0.1, 0.15) is 11.3 Å². The summed E-state index contributed by atoms with van der Waals surface area (Å²) in [6.07, 6.45) is -4.17. The van der Waals surface area contributed by atoms with Crippen LogP contribution < -0.4 is 4.74 Å². The molecule has 0 atom stereocenters. The lowest BCUT2D eigenvalue weighted by molar-refractivity contribution is -0.187. The average molecular weight is 400 g/mol. The van der Waals surface area contributed by atoms with E-state index >= 15 is 0 Å². The van der Waals surface area contributed by atoms with Crippen molar-refractivity contribution in [2.75, 3.05) is 0 Å². The minimum absolute atomic E-state index is 0.0265. The third-order valence-corrected chi connectivity index (χ3v) is 4.01. The van der Waals surface area contributed by atoms with E-state index in [4.69, 9.17) is 0 Å². The maximum Gasteiger partial charge on any atom is 0.429 e. The van der Waals surface area contributed by atoms with Crippen LogP contribution in [-0.4, -0.2) is 0 Å². The quantitative estimate of drug-likeness (QED) is 0.360. The Kier molecular flexibility index (Phi) is 5.06. The largest absolute Gasteiger partial charge is 0.429 e. The van der Waals surface area contributed by atoms with Crippen molar-refractivity contribution in [2.24, 2.45) is 0 Å². The Hall–Kier alpha value is -3.03. The van der Waals surface area contributed by atoms with Crippen LogP contribution >= 0.6 is 0 Å². The number of aryl methyl sites for hydroxylation is 1. The Balaban J connectivity index is 1.87. The van der Waals surface area contributed by atoms with E-state index in [2.05, 4.69) is 4.74 Å². The van der Waals surface area contributed by atoms with Crippen LogP contribution in [-0.2, 0) is 6.11 Å². The van der Waals surface area contributed by atoms with Gasteiger partial charge in [0.25, 0.3) is 0 Å². The molecule has 28 heavy (non-hydrogen) atoms. The molecule has 3 rings (SSSR count). The van der Waals surface area contributed by atoms with Crippen molar-refractivity contribution in [3.63, 3.8) is 0 Å². The van der Waals surface area contributed by atoms with Crippen molar-refractivity contribution in [2.45, 2.75) is 13.0 Å². The van der Waals surface area contributed by atoms with Gasteiger partial charge in [-0.05, 0) is 53.9 Å². The van der Waals surface area contributed by atoms with Gasteiger partial charge in [0.05, 0.1) is 0 Å². The maximum atomic E-state index is 14.2. The summed E-state index contributed by atoms with van der Waals surface area (Å²) >= 11 is 0. The zero-order valence-corrected chi connectivity index (χ0v) is 14.2.